The summed E-state index contributed by atoms with van der Waals surface area (Å²) in [5.41, 5.74) is 5.46. The van der Waals surface area contributed by atoms with E-state index in [2.05, 4.69) is 26.0 Å². The molecule has 1 aliphatic rings. The lowest BCUT2D eigenvalue weighted by atomic mass is 10.1. The molecule has 3 N–H and O–H groups in total. The fraction of sp³-hybridized carbons (Fsp3) is 0.200. The van der Waals surface area contributed by atoms with E-state index in [1.807, 2.05) is 0 Å². The fourth-order valence-corrected chi connectivity index (χ4v) is 3.30. The van der Waals surface area contributed by atoms with Crippen molar-refractivity contribution in [2.24, 2.45) is 5.73 Å². The van der Waals surface area contributed by atoms with E-state index in [-0.39, 0.29) is 35.3 Å². The maximum absolute atomic E-state index is 12.8. The van der Waals surface area contributed by atoms with Gasteiger partial charge in [-0.25, -0.2) is 9.59 Å². The van der Waals surface area contributed by atoms with Crippen LogP contribution in [0.3, 0.4) is 0 Å². The largest absolute Gasteiger partial charge is 0.493 e. The van der Waals surface area contributed by atoms with E-state index < -0.39 is 30.4 Å². The molecule has 4 amide bonds. The Hall–Kier alpha value is -3.80. The van der Waals surface area contributed by atoms with Gasteiger partial charge in [0.25, 0.3) is 11.8 Å². The number of hydrogen-bond donors (Lipinski definition) is 2. The van der Waals surface area contributed by atoms with Crippen molar-refractivity contribution < 1.29 is 37.8 Å². The van der Waals surface area contributed by atoms with Gasteiger partial charge in [-0.1, -0.05) is 15.9 Å². The maximum atomic E-state index is 12.8. The van der Waals surface area contributed by atoms with E-state index in [1.165, 1.54) is 32.4 Å². The number of urea groups is 1. The molecule has 12 heteroatoms. The van der Waals surface area contributed by atoms with Gasteiger partial charge in [-0.3, -0.25) is 14.5 Å². The number of rotatable bonds is 8. The third kappa shape index (κ3) is 4.91. The van der Waals surface area contributed by atoms with Crippen molar-refractivity contribution in [3.63, 3.8) is 0 Å². The van der Waals surface area contributed by atoms with Crippen LogP contribution in [-0.4, -0.2) is 49.5 Å². The van der Waals surface area contributed by atoms with Gasteiger partial charge in [0.1, 0.15) is 11.5 Å². The second-order valence-electron chi connectivity index (χ2n) is 6.42. The first-order valence-electron chi connectivity index (χ1n) is 9.03. The van der Waals surface area contributed by atoms with Gasteiger partial charge in [0.2, 0.25) is 5.76 Å². The molecule has 0 spiro atoms. The lowest BCUT2D eigenvalue weighted by molar-refractivity contribution is -0.123. The van der Waals surface area contributed by atoms with E-state index in [0.29, 0.717) is 10.0 Å². The molecule has 1 fully saturated rings. The number of carbonyl (C=O) groups excluding carboxylic acids is 4. The Morgan fingerprint density at radius 1 is 1.25 bits per heavy atom. The third-order valence-corrected chi connectivity index (χ3v) is 4.71. The van der Waals surface area contributed by atoms with Crippen LogP contribution in [0.4, 0.5) is 4.79 Å². The monoisotopic (exact) mass is 507 g/mol. The number of nitrogens with one attached hydrogen (secondary N) is 1. The molecule has 1 aromatic carbocycles. The lowest BCUT2D eigenvalue weighted by Crippen LogP contribution is -2.30. The normalized spacial score (nSPS) is 14.5. The first-order chi connectivity index (χ1) is 15.2. The van der Waals surface area contributed by atoms with Crippen molar-refractivity contribution in [2.45, 2.75) is 6.54 Å². The van der Waals surface area contributed by atoms with Crippen molar-refractivity contribution in [3.05, 3.63) is 51.5 Å². The van der Waals surface area contributed by atoms with E-state index in [4.69, 9.17) is 19.6 Å². The number of carbonyl (C=O) groups is 4. The molecule has 1 aromatic heterocycles. The zero-order valence-electron chi connectivity index (χ0n) is 17.0. The average molecular weight is 508 g/mol. The SMILES string of the molecule is COC(=O)c1ccc(CN2C(=O)N/C(=C\c3cc(Br)cc(OC)c3OCC(N)=O)C2=O)o1. The van der Waals surface area contributed by atoms with Crippen LogP contribution < -0.4 is 20.5 Å². The van der Waals surface area contributed by atoms with Gasteiger partial charge in [-0.05, 0) is 30.3 Å². The van der Waals surface area contributed by atoms with E-state index in [9.17, 15) is 19.2 Å². The van der Waals surface area contributed by atoms with Gasteiger partial charge in [0, 0.05) is 10.0 Å². The second kappa shape index (κ2) is 9.56. The second-order valence-corrected chi connectivity index (χ2v) is 7.33. The number of ether oxygens (including phenoxy) is 3. The summed E-state index contributed by atoms with van der Waals surface area (Å²) in [6.45, 7) is -0.618. The highest BCUT2D eigenvalue weighted by molar-refractivity contribution is 9.10. The van der Waals surface area contributed by atoms with Crippen LogP contribution in [0.25, 0.3) is 6.08 Å². The van der Waals surface area contributed by atoms with Gasteiger partial charge in [0.15, 0.2) is 18.1 Å². The predicted octanol–water partition coefficient (Wildman–Crippen LogP) is 1.79. The zero-order chi connectivity index (χ0) is 23.4. The quantitative estimate of drug-likeness (QED) is 0.311. The Bertz CT molecular complexity index is 1120. The topological polar surface area (TPSA) is 150 Å². The summed E-state index contributed by atoms with van der Waals surface area (Å²) in [5.74, 6) is -1.41. The molecule has 0 atom stereocenters. The van der Waals surface area contributed by atoms with Gasteiger partial charge in [-0.15, -0.1) is 0 Å². The molecule has 0 unspecified atom stereocenters. The minimum Gasteiger partial charge on any atom is -0.493 e. The smallest absolute Gasteiger partial charge is 0.373 e. The van der Waals surface area contributed by atoms with Crippen LogP contribution in [0.1, 0.15) is 21.9 Å². The molecule has 3 rings (SSSR count). The van der Waals surface area contributed by atoms with Crippen molar-refractivity contribution >= 4 is 45.8 Å². The van der Waals surface area contributed by atoms with Crippen LogP contribution in [0.5, 0.6) is 11.5 Å². The van der Waals surface area contributed by atoms with Gasteiger partial charge in [0.05, 0.1) is 20.8 Å². The highest BCUT2D eigenvalue weighted by Gasteiger charge is 2.34. The molecule has 1 aliphatic heterocycles. The average Bonchev–Trinajstić information content (AvgIpc) is 3.32. The van der Waals surface area contributed by atoms with Gasteiger partial charge < -0.3 is 29.7 Å². The van der Waals surface area contributed by atoms with Crippen molar-refractivity contribution in [1.82, 2.24) is 10.2 Å². The number of primary amides is 1. The van der Waals surface area contributed by atoms with Crippen LogP contribution in [0.15, 0.2) is 38.9 Å². The number of nitrogens with two attached hydrogens (primary N) is 1. The van der Waals surface area contributed by atoms with Crippen LogP contribution >= 0.6 is 15.9 Å². The number of methoxy groups -OCH3 is 2. The van der Waals surface area contributed by atoms with Crippen LogP contribution in [-0.2, 0) is 20.9 Å². The summed E-state index contributed by atoms with van der Waals surface area (Å²) < 4.78 is 21.2. The van der Waals surface area contributed by atoms with E-state index in [1.54, 1.807) is 12.1 Å². The summed E-state index contributed by atoms with van der Waals surface area (Å²) in [7, 11) is 2.61. The minimum absolute atomic E-state index is 0.0428. The number of imide groups is 1. The molecule has 0 bridgehead atoms. The number of halogens is 1. The standard InChI is InChI=1S/C20H18BrN3O8/c1-29-15-7-11(21)5-10(17(15)31-9-16(22)25)6-13-18(26)24(20(28)23-13)8-12-3-4-14(32-12)19(27)30-2/h3-7H,8-9H2,1-2H3,(H2,22,25)(H,23,28)/b13-6-. The van der Waals surface area contributed by atoms with E-state index >= 15 is 0 Å². The first-order valence-corrected chi connectivity index (χ1v) is 9.83. The number of furan rings is 1. The Morgan fingerprint density at radius 2 is 2.00 bits per heavy atom. The first kappa shape index (κ1) is 22.9. The van der Waals surface area contributed by atoms with Crippen molar-refractivity contribution in [3.8, 4) is 11.5 Å². The molecule has 1 saturated heterocycles. The summed E-state index contributed by atoms with van der Waals surface area (Å²) in [5, 5.41) is 2.47. The summed E-state index contributed by atoms with van der Waals surface area (Å²) >= 11 is 3.33. The maximum Gasteiger partial charge on any atom is 0.373 e. The summed E-state index contributed by atoms with van der Waals surface area (Å²) in [6.07, 6.45) is 1.38. The van der Waals surface area contributed by atoms with Gasteiger partial charge >= 0.3 is 12.0 Å². The lowest BCUT2D eigenvalue weighted by Gasteiger charge is -2.13. The fourth-order valence-electron chi connectivity index (χ4n) is 2.85. The molecule has 0 radical (unpaired) electrons. The van der Waals surface area contributed by atoms with Crippen molar-refractivity contribution in [1.29, 1.82) is 0 Å². The molecule has 32 heavy (non-hydrogen) atoms. The third-order valence-electron chi connectivity index (χ3n) is 4.25. The zero-order valence-corrected chi connectivity index (χ0v) is 18.6. The number of amides is 4. The van der Waals surface area contributed by atoms with E-state index in [0.717, 1.165) is 4.90 Å². The summed E-state index contributed by atoms with van der Waals surface area (Å²) in [6, 6.07) is 5.38. The molecule has 168 valence electrons. The summed E-state index contributed by atoms with van der Waals surface area (Å²) in [4.78, 5) is 48.8. The molecular formula is C20H18BrN3O8. The number of nitrogens with zero attached hydrogens (tertiary/aromatic N) is 1. The van der Waals surface area contributed by atoms with Crippen molar-refractivity contribution in [2.75, 3.05) is 20.8 Å². The Morgan fingerprint density at radius 3 is 2.66 bits per heavy atom. The number of hydrogen-bond acceptors (Lipinski definition) is 8. The number of esters is 1. The Balaban J connectivity index is 1.88. The Labute approximate surface area is 190 Å². The predicted molar refractivity (Wildman–Crippen MR) is 112 cm³/mol. The molecule has 11 nitrogen and oxygen atoms in total. The molecule has 2 heterocycles. The highest BCUT2D eigenvalue weighted by Crippen LogP contribution is 2.36. The molecule has 0 aliphatic carbocycles. The Kier molecular flexibility index (Phi) is 6.83. The minimum atomic E-state index is -0.699. The van der Waals surface area contributed by atoms with Gasteiger partial charge in [-0.2, -0.15) is 0 Å². The molecular weight excluding hydrogens is 490 g/mol. The molecule has 0 saturated carbocycles. The van der Waals surface area contributed by atoms with Crippen LogP contribution in [0.2, 0.25) is 0 Å². The number of benzene rings is 1. The molecule has 2 aromatic rings. The highest BCUT2D eigenvalue weighted by atomic mass is 79.9. The van der Waals surface area contributed by atoms with Crippen LogP contribution in [0, 0.1) is 0 Å².